The highest BCUT2D eigenvalue weighted by Crippen LogP contribution is 2.24. The monoisotopic (exact) mass is 335 g/mol. The zero-order valence-electron chi connectivity index (χ0n) is 13.6. The summed E-state index contributed by atoms with van der Waals surface area (Å²) in [6.07, 6.45) is 1.97. The molecule has 0 unspecified atom stereocenters. The van der Waals surface area contributed by atoms with Gasteiger partial charge >= 0.3 is 0 Å². The van der Waals surface area contributed by atoms with Crippen LogP contribution in [0.15, 0.2) is 54.7 Å². The van der Waals surface area contributed by atoms with Crippen LogP contribution < -0.4 is 4.74 Å². The van der Waals surface area contributed by atoms with Crippen molar-refractivity contribution in [3.8, 4) is 17.0 Å². The van der Waals surface area contributed by atoms with Gasteiger partial charge in [-0.2, -0.15) is 5.10 Å². The van der Waals surface area contributed by atoms with Crippen LogP contribution in [0.1, 0.15) is 16.1 Å². The van der Waals surface area contributed by atoms with Crippen LogP contribution >= 0.6 is 11.3 Å². The molecule has 0 spiro atoms. The molecule has 0 saturated heterocycles. The van der Waals surface area contributed by atoms with Gasteiger partial charge in [0, 0.05) is 5.56 Å². The molecule has 24 heavy (non-hydrogen) atoms. The molecule has 0 radical (unpaired) electrons. The van der Waals surface area contributed by atoms with Gasteiger partial charge in [-0.05, 0) is 25.5 Å². The van der Waals surface area contributed by atoms with Crippen molar-refractivity contribution in [2.45, 2.75) is 20.5 Å². The highest BCUT2D eigenvalue weighted by atomic mass is 32.1. The topological polar surface area (TPSA) is 39.4 Å². The molecule has 0 N–H and O–H groups in total. The fourth-order valence-corrected chi connectivity index (χ4v) is 3.31. The molecule has 0 aliphatic rings. The van der Waals surface area contributed by atoms with Crippen LogP contribution in [-0.2, 0) is 6.61 Å². The lowest BCUT2D eigenvalue weighted by Gasteiger charge is -2.06. The number of fused-ring (bicyclic) bond motifs is 1. The Kier molecular flexibility index (Phi) is 3.78. The highest BCUT2D eigenvalue weighted by molar-refractivity contribution is 7.16. The molecule has 2 heterocycles. The summed E-state index contributed by atoms with van der Waals surface area (Å²) >= 11 is 1.56. The van der Waals surface area contributed by atoms with Crippen molar-refractivity contribution in [2.24, 2.45) is 0 Å². The lowest BCUT2D eigenvalue weighted by atomic mass is 10.1. The van der Waals surface area contributed by atoms with E-state index in [1.54, 1.807) is 11.3 Å². The van der Waals surface area contributed by atoms with Gasteiger partial charge in [-0.3, -0.25) is 0 Å². The molecule has 2 aromatic heterocycles. The van der Waals surface area contributed by atoms with Gasteiger partial charge in [0.15, 0.2) is 5.01 Å². The van der Waals surface area contributed by atoms with E-state index in [0.717, 1.165) is 32.5 Å². The third-order valence-electron chi connectivity index (χ3n) is 3.88. The van der Waals surface area contributed by atoms with Crippen LogP contribution in [0.2, 0.25) is 0 Å². The zero-order valence-corrected chi connectivity index (χ0v) is 14.4. The summed E-state index contributed by atoms with van der Waals surface area (Å²) in [6.45, 7) is 4.58. The smallest absolute Gasteiger partial charge is 0.212 e. The summed E-state index contributed by atoms with van der Waals surface area (Å²) < 4.78 is 7.69. The standard InChI is InChI=1S/C19H17N3OS/c1-13-7-9-15(10-8-13)16-11-22-19(20-16)24-18(21-22)12-23-17-6-4-3-5-14(17)2/h3-11H,12H2,1-2H3. The first-order valence-electron chi connectivity index (χ1n) is 7.79. The molecule has 0 aliphatic carbocycles. The molecule has 0 amide bonds. The van der Waals surface area contributed by atoms with Gasteiger partial charge in [-0.15, -0.1) is 0 Å². The maximum absolute atomic E-state index is 5.86. The number of benzene rings is 2. The quantitative estimate of drug-likeness (QED) is 0.545. The van der Waals surface area contributed by atoms with Crippen molar-refractivity contribution in [3.05, 3.63) is 70.9 Å². The van der Waals surface area contributed by atoms with E-state index in [-0.39, 0.29) is 0 Å². The van der Waals surface area contributed by atoms with E-state index in [1.165, 1.54) is 5.56 Å². The first-order valence-corrected chi connectivity index (χ1v) is 8.61. The molecule has 0 fully saturated rings. The van der Waals surface area contributed by atoms with Crippen LogP contribution in [0.4, 0.5) is 0 Å². The Morgan fingerprint density at radius 3 is 2.58 bits per heavy atom. The van der Waals surface area contributed by atoms with Gasteiger partial charge in [0.05, 0.1) is 11.9 Å². The molecule has 0 bridgehead atoms. The number of nitrogens with zero attached hydrogens (tertiary/aromatic N) is 3. The lowest BCUT2D eigenvalue weighted by molar-refractivity contribution is 0.302. The minimum absolute atomic E-state index is 0.457. The lowest BCUT2D eigenvalue weighted by Crippen LogP contribution is -1.97. The van der Waals surface area contributed by atoms with E-state index in [2.05, 4.69) is 41.3 Å². The number of rotatable bonds is 4. The maximum Gasteiger partial charge on any atom is 0.212 e. The third-order valence-corrected chi connectivity index (χ3v) is 4.77. The van der Waals surface area contributed by atoms with Crippen LogP contribution in [0.3, 0.4) is 0 Å². The first kappa shape index (κ1) is 14.9. The molecule has 4 nitrogen and oxygen atoms in total. The summed E-state index contributed by atoms with van der Waals surface area (Å²) in [5.74, 6) is 0.894. The van der Waals surface area contributed by atoms with Crippen LogP contribution in [0.5, 0.6) is 5.75 Å². The Morgan fingerprint density at radius 2 is 1.83 bits per heavy atom. The van der Waals surface area contributed by atoms with E-state index in [0.29, 0.717) is 6.61 Å². The fraction of sp³-hybridized carbons (Fsp3) is 0.158. The Bertz CT molecular complexity index is 954. The molecular formula is C19H17N3OS. The summed E-state index contributed by atoms with van der Waals surface area (Å²) in [5.41, 5.74) is 4.42. The fourth-order valence-electron chi connectivity index (χ4n) is 2.52. The number of hydrogen-bond donors (Lipinski definition) is 0. The number of imidazole rings is 1. The van der Waals surface area contributed by atoms with E-state index in [9.17, 15) is 0 Å². The minimum atomic E-state index is 0.457. The summed E-state index contributed by atoms with van der Waals surface area (Å²) in [5, 5.41) is 5.48. The van der Waals surface area contributed by atoms with Gasteiger partial charge in [0.2, 0.25) is 4.96 Å². The largest absolute Gasteiger partial charge is 0.486 e. The van der Waals surface area contributed by atoms with E-state index in [4.69, 9.17) is 4.74 Å². The second-order valence-electron chi connectivity index (χ2n) is 5.77. The average molecular weight is 335 g/mol. The Labute approximate surface area is 144 Å². The predicted octanol–water partition coefficient (Wildman–Crippen LogP) is 4.65. The number of para-hydroxylation sites is 1. The molecule has 2 aromatic carbocycles. The average Bonchev–Trinajstić information content (AvgIpc) is 3.13. The summed E-state index contributed by atoms with van der Waals surface area (Å²) in [4.78, 5) is 5.55. The van der Waals surface area contributed by atoms with Gasteiger partial charge < -0.3 is 4.74 Å². The van der Waals surface area contributed by atoms with E-state index >= 15 is 0 Å². The Hall–Kier alpha value is -2.66. The van der Waals surface area contributed by atoms with Gasteiger partial charge in [0.25, 0.3) is 0 Å². The van der Waals surface area contributed by atoms with Crippen molar-refractivity contribution in [2.75, 3.05) is 0 Å². The van der Waals surface area contributed by atoms with Crippen molar-refractivity contribution < 1.29 is 4.74 Å². The van der Waals surface area contributed by atoms with Crippen LogP contribution in [0, 0.1) is 13.8 Å². The second-order valence-corrected chi connectivity index (χ2v) is 6.81. The van der Waals surface area contributed by atoms with Crippen molar-refractivity contribution in [3.63, 3.8) is 0 Å². The van der Waals surface area contributed by atoms with Gasteiger partial charge in [-0.25, -0.2) is 9.50 Å². The molecule has 4 rings (SSSR count). The molecular weight excluding hydrogens is 318 g/mol. The Morgan fingerprint density at radius 1 is 1.04 bits per heavy atom. The van der Waals surface area contributed by atoms with Crippen molar-refractivity contribution in [1.82, 2.24) is 14.6 Å². The number of aromatic nitrogens is 3. The molecule has 5 heteroatoms. The highest BCUT2D eigenvalue weighted by Gasteiger charge is 2.10. The number of hydrogen-bond acceptors (Lipinski definition) is 4. The molecule has 0 saturated carbocycles. The second kappa shape index (κ2) is 6.09. The predicted molar refractivity (Wildman–Crippen MR) is 96.5 cm³/mol. The van der Waals surface area contributed by atoms with Crippen molar-refractivity contribution >= 4 is 16.3 Å². The molecule has 120 valence electrons. The normalized spacial score (nSPS) is 11.1. The molecule has 0 aliphatic heterocycles. The summed E-state index contributed by atoms with van der Waals surface area (Å²) in [6, 6.07) is 16.4. The zero-order chi connectivity index (χ0) is 16.5. The number of ether oxygens (including phenoxy) is 1. The van der Waals surface area contributed by atoms with E-state index in [1.807, 2.05) is 41.9 Å². The SMILES string of the molecule is Cc1ccc(-c2cn3nc(COc4ccccc4C)sc3n2)cc1. The Balaban J connectivity index is 1.53. The molecule has 4 aromatic rings. The first-order chi connectivity index (χ1) is 11.7. The van der Waals surface area contributed by atoms with Crippen molar-refractivity contribution in [1.29, 1.82) is 0 Å². The minimum Gasteiger partial charge on any atom is -0.486 e. The van der Waals surface area contributed by atoms with E-state index < -0.39 is 0 Å². The number of aryl methyl sites for hydroxylation is 2. The van der Waals surface area contributed by atoms with Crippen LogP contribution in [0.25, 0.3) is 16.2 Å². The summed E-state index contributed by atoms with van der Waals surface area (Å²) in [7, 11) is 0. The van der Waals surface area contributed by atoms with Gasteiger partial charge in [0.1, 0.15) is 12.4 Å². The van der Waals surface area contributed by atoms with Gasteiger partial charge in [-0.1, -0.05) is 59.4 Å². The van der Waals surface area contributed by atoms with Crippen LogP contribution in [-0.4, -0.2) is 14.6 Å². The third kappa shape index (κ3) is 2.90. The molecule has 0 atom stereocenters. The maximum atomic E-state index is 5.86.